The fourth-order valence-corrected chi connectivity index (χ4v) is 0.150. The van der Waals surface area contributed by atoms with Crippen LogP contribution < -0.4 is 0 Å². The van der Waals surface area contributed by atoms with Gasteiger partial charge in [0.2, 0.25) is 0 Å². The smallest absolute Gasteiger partial charge is 0.0528 e. The molecule has 0 saturated heterocycles. The van der Waals surface area contributed by atoms with E-state index >= 15 is 0 Å². The summed E-state index contributed by atoms with van der Waals surface area (Å²) in [5, 5.41) is 25.4. The van der Waals surface area contributed by atoms with E-state index in [1.807, 2.05) is 0 Å². The maximum Gasteiger partial charge on any atom is 0.0528 e. The Morgan fingerprint density at radius 1 is 0.750 bits per heavy atom. The molecule has 0 radical (unpaired) electrons. The molecule has 7 heteroatoms. The predicted molar refractivity (Wildman–Crippen MR) is 43.8 cm³/mol. The van der Waals surface area contributed by atoms with Gasteiger partial charge in [-0.15, -0.1) is 0 Å². The van der Waals surface area contributed by atoms with Crippen LogP contribution in [0.5, 0.6) is 0 Å². The van der Waals surface area contributed by atoms with Gasteiger partial charge < -0.3 is 37.2 Å². The summed E-state index contributed by atoms with van der Waals surface area (Å²) >= 11 is 0. The molecule has 0 aliphatic rings. The lowest BCUT2D eigenvalue weighted by molar-refractivity contribution is 0.0200. The predicted octanol–water partition coefficient (Wildman–Crippen LogP) is -4.33. The molecule has 0 fully saturated rings. The second-order valence-corrected chi connectivity index (χ2v) is 2.29. The molecule has 0 unspecified atom stereocenters. The molecule has 0 bridgehead atoms. The molecule has 0 rings (SSSR count). The van der Waals surface area contributed by atoms with E-state index in [-0.39, 0.29) is 41.7 Å². The van der Waals surface area contributed by atoms with Crippen LogP contribution in [0.15, 0.2) is 0 Å². The molecule has 11 N–H and O–H groups in total. The van der Waals surface area contributed by atoms with Crippen LogP contribution in [0.1, 0.15) is 6.92 Å². The van der Waals surface area contributed by atoms with Gasteiger partial charge in [-0.1, -0.05) is 6.92 Å². The molecule has 0 amide bonds. The Kier molecular flexibility index (Phi) is 33.1. The SMILES string of the molecule is CC(CO)(CO)CO.O.O.O.O. The van der Waals surface area contributed by atoms with E-state index in [1.165, 1.54) is 0 Å². The van der Waals surface area contributed by atoms with E-state index in [1.54, 1.807) is 6.92 Å². The van der Waals surface area contributed by atoms with Crippen molar-refractivity contribution >= 4 is 0 Å². The van der Waals surface area contributed by atoms with Crippen LogP contribution in [0, 0.1) is 5.41 Å². The van der Waals surface area contributed by atoms with Crippen molar-refractivity contribution in [3.8, 4) is 0 Å². The standard InChI is InChI=1S/C5H12O3.4H2O/c1-5(2-6,3-7)4-8;;;;/h6-8H,2-4H2,1H3;4*1H2. The highest BCUT2D eigenvalue weighted by Crippen LogP contribution is 2.10. The quantitative estimate of drug-likeness (QED) is 0.408. The van der Waals surface area contributed by atoms with Gasteiger partial charge in [0.05, 0.1) is 19.8 Å². The van der Waals surface area contributed by atoms with Crippen LogP contribution in [0.2, 0.25) is 0 Å². The molecular formula is C5H20O7. The zero-order valence-electron chi connectivity index (χ0n) is 6.96. The van der Waals surface area contributed by atoms with Crippen molar-refractivity contribution in [3.05, 3.63) is 0 Å². The maximum absolute atomic E-state index is 8.47. The summed E-state index contributed by atoms with van der Waals surface area (Å²) in [5.74, 6) is 0. The van der Waals surface area contributed by atoms with Gasteiger partial charge in [0.25, 0.3) is 0 Å². The van der Waals surface area contributed by atoms with Crippen molar-refractivity contribution in [2.24, 2.45) is 5.41 Å². The molecule has 0 saturated carbocycles. The van der Waals surface area contributed by atoms with Gasteiger partial charge in [-0.3, -0.25) is 0 Å². The number of rotatable bonds is 3. The Hall–Kier alpha value is -0.280. The Bertz CT molecular complexity index is 54.6. The van der Waals surface area contributed by atoms with Crippen molar-refractivity contribution in [2.75, 3.05) is 19.8 Å². The van der Waals surface area contributed by atoms with Gasteiger partial charge in [0.15, 0.2) is 0 Å². The van der Waals surface area contributed by atoms with Crippen LogP contribution in [0.25, 0.3) is 0 Å². The first kappa shape index (κ1) is 29.8. The Labute approximate surface area is 70.5 Å². The molecule has 0 atom stereocenters. The van der Waals surface area contributed by atoms with Gasteiger partial charge in [-0.25, -0.2) is 0 Å². The fourth-order valence-electron chi connectivity index (χ4n) is 0.150. The summed E-state index contributed by atoms with van der Waals surface area (Å²) < 4.78 is 0. The van der Waals surface area contributed by atoms with Crippen molar-refractivity contribution in [1.29, 1.82) is 0 Å². The van der Waals surface area contributed by atoms with Gasteiger partial charge >= 0.3 is 0 Å². The first-order valence-corrected chi connectivity index (χ1v) is 2.51. The second-order valence-electron chi connectivity index (χ2n) is 2.29. The first-order valence-electron chi connectivity index (χ1n) is 2.51. The lowest BCUT2D eigenvalue weighted by Crippen LogP contribution is -2.29. The van der Waals surface area contributed by atoms with Crippen LogP contribution in [-0.4, -0.2) is 57.0 Å². The van der Waals surface area contributed by atoms with Crippen LogP contribution in [0.4, 0.5) is 0 Å². The van der Waals surface area contributed by atoms with Crippen LogP contribution in [0.3, 0.4) is 0 Å². The van der Waals surface area contributed by atoms with Gasteiger partial charge in [0.1, 0.15) is 0 Å². The van der Waals surface area contributed by atoms with Gasteiger partial charge in [-0.05, 0) is 0 Å². The fraction of sp³-hybridized carbons (Fsp3) is 1.00. The minimum atomic E-state index is -0.708. The minimum Gasteiger partial charge on any atom is -0.412 e. The summed E-state index contributed by atoms with van der Waals surface area (Å²) in [7, 11) is 0. The highest BCUT2D eigenvalue weighted by atomic mass is 16.3. The van der Waals surface area contributed by atoms with Crippen molar-refractivity contribution in [1.82, 2.24) is 0 Å². The van der Waals surface area contributed by atoms with Gasteiger partial charge in [0, 0.05) is 5.41 Å². The Morgan fingerprint density at radius 2 is 0.917 bits per heavy atom. The molecule has 0 aliphatic carbocycles. The van der Waals surface area contributed by atoms with Crippen LogP contribution >= 0.6 is 0 Å². The van der Waals surface area contributed by atoms with E-state index in [2.05, 4.69) is 0 Å². The second kappa shape index (κ2) is 13.3. The molecule has 12 heavy (non-hydrogen) atoms. The zero-order chi connectivity index (χ0) is 6.62. The van der Waals surface area contributed by atoms with E-state index in [0.717, 1.165) is 0 Å². The summed E-state index contributed by atoms with van der Waals surface area (Å²) in [6.45, 7) is 1.06. The topological polar surface area (TPSA) is 187 Å². The largest absolute Gasteiger partial charge is 0.412 e. The van der Waals surface area contributed by atoms with Crippen molar-refractivity contribution in [3.63, 3.8) is 0 Å². The van der Waals surface area contributed by atoms with Gasteiger partial charge in [-0.2, -0.15) is 0 Å². The maximum atomic E-state index is 8.47. The molecular weight excluding hydrogens is 172 g/mol. The third kappa shape index (κ3) is 9.72. The monoisotopic (exact) mass is 192 g/mol. The third-order valence-corrected chi connectivity index (χ3v) is 1.15. The Balaban J connectivity index is -0.0000000408. The molecule has 0 heterocycles. The summed E-state index contributed by atoms with van der Waals surface area (Å²) in [6.07, 6.45) is 0. The lowest BCUT2D eigenvalue weighted by Gasteiger charge is -2.20. The number of hydrogen-bond donors (Lipinski definition) is 3. The summed E-state index contributed by atoms with van der Waals surface area (Å²) in [4.78, 5) is 0. The van der Waals surface area contributed by atoms with E-state index in [9.17, 15) is 0 Å². The molecule has 0 spiro atoms. The third-order valence-electron chi connectivity index (χ3n) is 1.15. The number of aliphatic hydroxyl groups excluding tert-OH is 3. The molecule has 0 aromatic rings. The molecule has 0 aromatic carbocycles. The molecule has 0 aliphatic heterocycles. The van der Waals surface area contributed by atoms with Crippen LogP contribution in [-0.2, 0) is 0 Å². The summed E-state index contributed by atoms with van der Waals surface area (Å²) in [6, 6.07) is 0. The highest BCUT2D eigenvalue weighted by Gasteiger charge is 2.20. The molecule has 0 aromatic heterocycles. The Morgan fingerprint density at radius 3 is 0.917 bits per heavy atom. The summed E-state index contributed by atoms with van der Waals surface area (Å²) in [5.41, 5.74) is -0.708. The highest BCUT2D eigenvalue weighted by molar-refractivity contribution is 4.69. The normalized spacial score (nSPS) is 8.00. The minimum absolute atomic E-state index is 0. The van der Waals surface area contributed by atoms with E-state index in [4.69, 9.17) is 15.3 Å². The van der Waals surface area contributed by atoms with Crippen molar-refractivity contribution < 1.29 is 37.2 Å². The zero-order valence-corrected chi connectivity index (χ0v) is 6.96. The number of hydrogen-bond acceptors (Lipinski definition) is 3. The average Bonchev–Trinajstić information content (AvgIpc) is 1.87. The van der Waals surface area contributed by atoms with E-state index in [0.29, 0.717) is 0 Å². The number of aliphatic hydroxyl groups is 3. The van der Waals surface area contributed by atoms with E-state index < -0.39 is 5.41 Å². The van der Waals surface area contributed by atoms with Crippen molar-refractivity contribution in [2.45, 2.75) is 6.92 Å². The molecule has 82 valence electrons. The average molecular weight is 192 g/mol. The first-order chi connectivity index (χ1) is 3.68. The molecule has 7 nitrogen and oxygen atoms in total. The lowest BCUT2D eigenvalue weighted by atomic mass is 9.95.